The van der Waals surface area contributed by atoms with Crippen molar-refractivity contribution in [2.75, 3.05) is 7.11 Å². The lowest BCUT2D eigenvalue weighted by atomic mass is 9.87. The average molecular weight is 317 g/mol. The fraction of sp³-hybridized carbons (Fsp3) is 0.500. The molecule has 124 valence electrons. The summed E-state index contributed by atoms with van der Waals surface area (Å²) >= 11 is 0. The first kappa shape index (κ1) is 17.3. The molecular weight excluding hydrogens is 294 g/mol. The van der Waals surface area contributed by atoms with E-state index in [4.69, 9.17) is 9.47 Å². The summed E-state index contributed by atoms with van der Waals surface area (Å²) in [6.45, 7) is 7.05. The Balaban J connectivity index is 2.28. The van der Waals surface area contributed by atoms with Crippen LogP contribution in [0.4, 0.5) is 0 Å². The maximum absolute atomic E-state index is 12.5. The maximum atomic E-state index is 12.5. The number of hydrogen-bond acceptors (Lipinski definition) is 5. The smallest absolute Gasteiger partial charge is 0.337 e. The Bertz CT molecular complexity index is 636. The van der Waals surface area contributed by atoms with E-state index < -0.39 is 23.2 Å². The van der Waals surface area contributed by atoms with Crippen LogP contribution in [0.1, 0.15) is 44.5 Å². The van der Waals surface area contributed by atoms with Crippen molar-refractivity contribution in [3.63, 3.8) is 0 Å². The predicted octanol–water partition coefficient (Wildman–Crippen LogP) is 2.83. The summed E-state index contributed by atoms with van der Waals surface area (Å²) in [7, 11) is 1.48. The highest BCUT2D eigenvalue weighted by Gasteiger charge is 2.50. The summed E-state index contributed by atoms with van der Waals surface area (Å²) < 4.78 is 11.0. The van der Waals surface area contributed by atoms with Gasteiger partial charge in [0.25, 0.3) is 0 Å². The molecule has 1 aromatic rings. The van der Waals surface area contributed by atoms with Gasteiger partial charge in [-0.05, 0) is 27.7 Å². The summed E-state index contributed by atoms with van der Waals surface area (Å²) in [4.78, 5) is 29.4. The molecule has 0 aliphatic carbocycles. The zero-order chi connectivity index (χ0) is 17.3. The molecule has 2 rings (SSSR count). The van der Waals surface area contributed by atoms with Crippen LogP contribution in [-0.4, -0.2) is 41.8 Å². The molecule has 2 unspecified atom stereocenters. The van der Waals surface area contributed by atoms with Gasteiger partial charge in [0.15, 0.2) is 11.3 Å². The Morgan fingerprint density at radius 1 is 1.26 bits per heavy atom. The van der Waals surface area contributed by atoms with E-state index in [1.165, 1.54) is 7.11 Å². The van der Waals surface area contributed by atoms with Crippen LogP contribution in [0.3, 0.4) is 0 Å². The van der Waals surface area contributed by atoms with Crippen molar-refractivity contribution in [1.82, 2.24) is 0 Å². The fourth-order valence-electron chi connectivity index (χ4n) is 2.56. The van der Waals surface area contributed by atoms with Crippen molar-refractivity contribution in [3.8, 4) is 0 Å². The third-order valence-corrected chi connectivity index (χ3v) is 4.41. The van der Waals surface area contributed by atoms with Gasteiger partial charge in [-0.1, -0.05) is 30.3 Å². The number of cyclic esters (lactones) is 1. The molecule has 0 saturated heterocycles. The second-order valence-corrected chi connectivity index (χ2v) is 6.46. The van der Waals surface area contributed by atoms with Gasteiger partial charge in [0, 0.05) is 19.1 Å². The van der Waals surface area contributed by atoms with E-state index in [1.54, 1.807) is 45.0 Å². The largest absolute Gasteiger partial charge is 0.452 e. The van der Waals surface area contributed by atoms with Crippen LogP contribution >= 0.6 is 0 Å². The van der Waals surface area contributed by atoms with Crippen molar-refractivity contribution in [2.45, 2.75) is 51.4 Å². The lowest BCUT2D eigenvalue weighted by Gasteiger charge is -2.40. The normalized spacial score (nSPS) is 24.6. The van der Waals surface area contributed by atoms with E-state index in [-0.39, 0.29) is 12.2 Å². The van der Waals surface area contributed by atoms with Gasteiger partial charge in [-0.2, -0.15) is 0 Å². The standard InChI is InChI=1S/C18H23NO4/c1-12-17(2,3)23-16(21)18(4,19-12)15(22-5)11-14(20)13-9-7-6-8-10-13/h6-10,15H,11H2,1-5H3. The second-order valence-electron chi connectivity index (χ2n) is 6.46. The maximum Gasteiger partial charge on any atom is 0.337 e. The molecule has 1 heterocycles. The van der Waals surface area contributed by atoms with Gasteiger partial charge in [0.2, 0.25) is 0 Å². The van der Waals surface area contributed by atoms with E-state index in [2.05, 4.69) is 4.99 Å². The van der Waals surface area contributed by atoms with Crippen molar-refractivity contribution in [3.05, 3.63) is 35.9 Å². The number of benzene rings is 1. The molecule has 0 fully saturated rings. The molecule has 1 aliphatic heterocycles. The molecule has 5 nitrogen and oxygen atoms in total. The molecule has 1 aromatic carbocycles. The topological polar surface area (TPSA) is 65.0 Å². The third-order valence-electron chi connectivity index (χ3n) is 4.41. The summed E-state index contributed by atoms with van der Waals surface area (Å²) in [6.07, 6.45) is -0.627. The Labute approximate surface area is 136 Å². The van der Waals surface area contributed by atoms with Crippen LogP contribution < -0.4 is 0 Å². The quantitative estimate of drug-likeness (QED) is 0.619. The van der Waals surface area contributed by atoms with Crippen LogP contribution in [0.2, 0.25) is 0 Å². The number of ketones is 1. The first-order valence-electron chi connectivity index (χ1n) is 7.62. The molecule has 1 aliphatic rings. The Kier molecular flexibility index (Phi) is 4.71. The molecule has 0 bridgehead atoms. The number of ether oxygens (including phenoxy) is 2. The van der Waals surface area contributed by atoms with Gasteiger partial charge >= 0.3 is 5.97 Å². The molecule has 0 saturated carbocycles. The van der Waals surface area contributed by atoms with Crippen molar-refractivity contribution in [1.29, 1.82) is 0 Å². The number of aliphatic imine (C=N–C) groups is 1. The Hall–Kier alpha value is -2.01. The SMILES string of the molecule is COC(CC(=O)c1ccccc1)C1(C)N=C(C)C(C)(C)OC1=O. The fourth-order valence-corrected chi connectivity index (χ4v) is 2.56. The molecule has 23 heavy (non-hydrogen) atoms. The zero-order valence-corrected chi connectivity index (χ0v) is 14.3. The Morgan fingerprint density at radius 3 is 2.43 bits per heavy atom. The van der Waals surface area contributed by atoms with Crippen LogP contribution in [0.5, 0.6) is 0 Å². The minimum Gasteiger partial charge on any atom is -0.452 e. The number of carbonyl (C=O) groups is 2. The van der Waals surface area contributed by atoms with Gasteiger partial charge in [-0.3, -0.25) is 9.79 Å². The molecule has 0 radical (unpaired) electrons. The first-order chi connectivity index (χ1) is 10.7. The van der Waals surface area contributed by atoms with E-state index in [9.17, 15) is 9.59 Å². The number of methoxy groups -OCH3 is 1. The van der Waals surface area contributed by atoms with Crippen LogP contribution in [-0.2, 0) is 14.3 Å². The van der Waals surface area contributed by atoms with E-state index in [0.29, 0.717) is 11.3 Å². The van der Waals surface area contributed by atoms with Crippen LogP contribution in [0.25, 0.3) is 0 Å². The Morgan fingerprint density at radius 2 is 1.87 bits per heavy atom. The minimum atomic E-state index is -1.22. The number of hydrogen-bond donors (Lipinski definition) is 0. The highest BCUT2D eigenvalue weighted by Crippen LogP contribution is 2.32. The molecular formula is C18H23NO4. The molecule has 2 atom stereocenters. The van der Waals surface area contributed by atoms with E-state index >= 15 is 0 Å². The summed E-state index contributed by atoms with van der Waals surface area (Å²) in [5, 5.41) is 0. The van der Waals surface area contributed by atoms with Gasteiger partial charge in [-0.25, -0.2) is 4.79 Å². The molecule has 5 heteroatoms. The van der Waals surface area contributed by atoms with Crippen molar-refractivity contribution >= 4 is 17.5 Å². The predicted molar refractivity (Wildman–Crippen MR) is 87.9 cm³/mol. The number of esters is 1. The highest BCUT2D eigenvalue weighted by molar-refractivity contribution is 6.00. The first-order valence-corrected chi connectivity index (χ1v) is 7.62. The number of carbonyl (C=O) groups excluding carboxylic acids is 2. The van der Waals surface area contributed by atoms with Gasteiger partial charge < -0.3 is 9.47 Å². The molecule has 0 aromatic heterocycles. The lowest BCUT2D eigenvalue weighted by Crippen LogP contribution is -2.56. The average Bonchev–Trinajstić information content (AvgIpc) is 2.51. The van der Waals surface area contributed by atoms with Crippen LogP contribution in [0, 0.1) is 0 Å². The summed E-state index contributed by atoms with van der Waals surface area (Å²) in [5.74, 6) is -0.565. The van der Waals surface area contributed by atoms with Gasteiger partial charge in [-0.15, -0.1) is 0 Å². The lowest BCUT2D eigenvalue weighted by molar-refractivity contribution is -0.164. The monoisotopic (exact) mass is 317 g/mol. The van der Waals surface area contributed by atoms with Gasteiger partial charge in [0.1, 0.15) is 11.7 Å². The summed E-state index contributed by atoms with van der Waals surface area (Å²) in [5.41, 5.74) is -0.672. The third kappa shape index (κ3) is 3.34. The zero-order valence-electron chi connectivity index (χ0n) is 14.3. The molecule has 0 N–H and O–H groups in total. The minimum absolute atomic E-state index is 0.0589. The second kappa shape index (κ2) is 6.24. The van der Waals surface area contributed by atoms with Crippen LogP contribution in [0.15, 0.2) is 35.3 Å². The van der Waals surface area contributed by atoms with Crippen molar-refractivity contribution in [2.24, 2.45) is 4.99 Å². The summed E-state index contributed by atoms with van der Waals surface area (Å²) in [6, 6.07) is 8.94. The highest BCUT2D eigenvalue weighted by atomic mass is 16.6. The van der Waals surface area contributed by atoms with Crippen molar-refractivity contribution < 1.29 is 19.1 Å². The molecule has 0 spiro atoms. The molecule has 0 amide bonds. The van der Waals surface area contributed by atoms with E-state index in [0.717, 1.165) is 0 Å². The van der Waals surface area contributed by atoms with Gasteiger partial charge in [0.05, 0.1) is 5.71 Å². The number of rotatable bonds is 5. The van der Waals surface area contributed by atoms with E-state index in [1.807, 2.05) is 13.0 Å². The number of Topliss-reactive ketones (excluding diaryl/α,β-unsaturated/α-hetero) is 1. The number of nitrogens with zero attached hydrogens (tertiary/aromatic N) is 1.